The molecule has 0 aromatic heterocycles. The number of ether oxygens (including phenoxy) is 2. The Hall–Kier alpha value is -3.28. The normalized spacial score (nSPS) is 10.5. The smallest absolute Gasteiger partial charge is 0.247 e. The van der Waals surface area contributed by atoms with E-state index < -0.39 is 0 Å². The third-order valence-electron chi connectivity index (χ3n) is 4.02. The molecule has 28 heavy (non-hydrogen) atoms. The van der Waals surface area contributed by atoms with Crippen molar-refractivity contribution in [3.63, 3.8) is 0 Å². The summed E-state index contributed by atoms with van der Waals surface area (Å²) in [4.78, 5) is 26.2. The van der Waals surface area contributed by atoms with Crippen molar-refractivity contribution in [3.8, 4) is 11.5 Å². The lowest BCUT2D eigenvalue weighted by atomic mass is 10.2. The van der Waals surface area contributed by atoms with Crippen molar-refractivity contribution in [3.05, 3.63) is 60.2 Å². The number of rotatable bonds is 9. The van der Waals surface area contributed by atoms with E-state index >= 15 is 0 Å². The first-order chi connectivity index (χ1) is 13.6. The number of anilines is 1. The van der Waals surface area contributed by atoms with Crippen LogP contribution in [0.1, 0.15) is 19.4 Å². The van der Waals surface area contributed by atoms with Gasteiger partial charge in [0.1, 0.15) is 18.0 Å². The molecule has 2 amide bonds. The molecule has 0 spiro atoms. The van der Waals surface area contributed by atoms with E-state index in [4.69, 9.17) is 9.47 Å². The second-order valence-corrected chi connectivity index (χ2v) is 5.94. The summed E-state index contributed by atoms with van der Waals surface area (Å²) in [6.45, 7) is 4.75. The highest BCUT2D eigenvalue weighted by molar-refractivity contribution is 5.98. The van der Waals surface area contributed by atoms with Gasteiger partial charge in [0, 0.05) is 12.6 Å². The Bertz CT molecular complexity index is 816. The van der Waals surface area contributed by atoms with Crippen molar-refractivity contribution >= 4 is 23.6 Å². The van der Waals surface area contributed by atoms with Gasteiger partial charge in [0.05, 0.1) is 19.4 Å². The summed E-state index contributed by atoms with van der Waals surface area (Å²) >= 11 is 0. The van der Waals surface area contributed by atoms with Crippen LogP contribution in [-0.2, 0) is 9.59 Å². The number of carbonyl (C=O) groups is 2. The standard InChI is InChI=1S/C22H26N2O4/c1-4-24(16-21(25)23-19-8-6-7-9-20(19)27-3)22(26)15-12-17-10-13-18(14-11-17)28-5-2/h6-15H,4-5,16H2,1-3H3,(H,23,25)/b15-12+. The average molecular weight is 382 g/mol. The molecule has 0 atom stereocenters. The summed E-state index contributed by atoms with van der Waals surface area (Å²) in [7, 11) is 1.54. The molecule has 6 heteroatoms. The van der Waals surface area contributed by atoms with Gasteiger partial charge in [-0.2, -0.15) is 0 Å². The molecule has 0 radical (unpaired) electrons. The van der Waals surface area contributed by atoms with Crippen molar-refractivity contribution in [1.82, 2.24) is 4.90 Å². The maximum Gasteiger partial charge on any atom is 0.247 e. The number of likely N-dealkylation sites (N-methyl/N-ethyl adjacent to an activating group) is 1. The molecule has 2 aromatic carbocycles. The van der Waals surface area contributed by atoms with Crippen molar-refractivity contribution in [2.75, 3.05) is 32.1 Å². The zero-order valence-electron chi connectivity index (χ0n) is 16.5. The average Bonchev–Trinajstić information content (AvgIpc) is 2.72. The number of carbonyl (C=O) groups excluding carboxylic acids is 2. The third-order valence-corrected chi connectivity index (χ3v) is 4.02. The highest BCUT2D eigenvalue weighted by Gasteiger charge is 2.14. The predicted molar refractivity (Wildman–Crippen MR) is 111 cm³/mol. The van der Waals surface area contributed by atoms with E-state index in [1.165, 1.54) is 11.0 Å². The number of hydrogen-bond donors (Lipinski definition) is 1. The first kappa shape index (κ1) is 21.0. The second-order valence-electron chi connectivity index (χ2n) is 5.94. The minimum Gasteiger partial charge on any atom is -0.495 e. The van der Waals surface area contributed by atoms with Crippen LogP contribution in [0.3, 0.4) is 0 Å². The maximum atomic E-state index is 12.4. The molecule has 0 unspecified atom stereocenters. The van der Waals surface area contributed by atoms with E-state index in [1.54, 1.807) is 31.4 Å². The van der Waals surface area contributed by atoms with Crippen molar-refractivity contribution in [2.45, 2.75) is 13.8 Å². The molecule has 0 aliphatic carbocycles. The molecule has 0 aliphatic heterocycles. The Morgan fingerprint density at radius 1 is 1.07 bits per heavy atom. The monoisotopic (exact) mass is 382 g/mol. The number of nitrogens with one attached hydrogen (secondary N) is 1. The molecule has 1 N–H and O–H groups in total. The van der Waals surface area contributed by atoms with Crippen LogP contribution in [-0.4, -0.2) is 43.5 Å². The summed E-state index contributed by atoms with van der Waals surface area (Å²) in [6.07, 6.45) is 3.19. The molecule has 0 aliphatic rings. The zero-order chi connectivity index (χ0) is 20.4. The number of hydrogen-bond acceptors (Lipinski definition) is 4. The number of amides is 2. The highest BCUT2D eigenvalue weighted by atomic mass is 16.5. The summed E-state index contributed by atoms with van der Waals surface area (Å²) in [5, 5.41) is 2.78. The van der Waals surface area contributed by atoms with Crippen molar-refractivity contribution in [2.24, 2.45) is 0 Å². The molecule has 2 aromatic rings. The Kier molecular flexibility index (Phi) is 8.09. The Labute approximate surface area is 165 Å². The largest absolute Gasteiger partial charge is 0.495 e. The van der Waals surface area contributed by atoms with Crippen molar-refractivity contribution < 1.29 is 19.1 Å². The molecule has 148 valence electrons. The molecular weight excluding hydrogens is 356 g/mol. The fraction of sp³-hybridized carbons (Fsp3) is 0.273. The van der Waals surface area contributed by atoms with E-state index in [1.807, 2.05) is 44.2 Å². The lowest BCUT2D eigenvalue weighted by Crippen LogP contribution is -2.36. The molecule has 0 bridgehead atoms. The molecule has 0 saturated carbocycles. The molecule has 0 saturated heterocycles. The summed E-state index contributed by atoms with van der Waals surface area (Å²) in [5.41, 5.74) is 1.45. The first-order valence-corrected chi connectivity index (χ1v) is 9.20. The van der Waals surface area contributed by atoms with E-state index in [0.29, 0.717) is 24.6 Å². The summed E-state index contributed by atoms with van der Waals surface area (Å²) in [5.74, 6) is 0.843. The van der Waals surface area contributed by atoms with Crippen LogP contribution in [0.2, 0.25) is 0 Å². The Morgan fingerprint density at radius 3 is 2.43 bits per heavy atom. The first-order valence-electron chi connectivity index (χ1n) is 9.20. The quantitative estimate of drug-likeness (QED) is 0.673. The van der Waals surface area contributed by atoms with Gasteiger partial charge in [-0.1, -0.05) is 24.3 Å². The van der Waals surface area contributed by atoms with Crippen LogP contribution in [0, 0.1) is 0 Å². The molecule has 2 rings (SSSR count). The van der Waals surface area contributed by atoms with E-state index in [-0.39, 0.29) is 18.4 Å². The van der Waals surface area contributed by atoms with Crippen LogP contribution in [0.25, 0.3) is 6.08 Å². The number of benzene rings is 2. The van der Waals surface area contributed by atoms with E-state index in [2.05, 4.69) is 5.32 Å². The van der Waals surface area contributed by atoms with E-state index in [9.17, 15) is 9.59 Å². The molecule has 0 fully saturated rings. The highest BCUT2D eigenvalue weighted by Crippen LogP contribution is 2.22. The number of nitrogens with zero attached hydrogens (tertiary/aromatic N) is 1. The van der Waals surface area contributed by atoms with Crippen LogP contribution in [0.4, 0.5) is 5.69 Å². The van der Waals surface area contributed by atoms with Gasteiger partial charge in [-0.15, -0.1) is 0 Å². The van der Waals surface area contributed by atoms with Crippen LogP contribution < -0.4 is 14.8 Å². The Morgan fingerprint density at radius 2 is 1.79 bits per heavy atom. The molecule has 6 nitrogen and oxygen atoms in total. The minimum atomic E-state index is -0.283. The molecular formula is C22H26N2O4. The second kappa shape index (κ2) is 10.8. The number of para-hydroxylation sites is 2. The zero-order valence-corrected chi connectivity index (χ0v) is 16.5. The summed E-state index contributed by atoms with van der Waals surface area (Å²) < 4.78 is 10.6. The molecule has 0 heterocycles. The van der Waals surface area contributed by atoms with Crippen LogP contribution in [0.15, 0.2) is 54.6 Å². The fourth-order valence-corrected chi connectivity index (χ4v) is 2.57. The lowest BCUT2D eigenvalue weighted by Gasteiger charge is -2.19. The van der Waals surface area contributed by atoms with Gasteiger partial charge >= 0.3 is 0 Å². The van der Waals surface area contributed by atoms with Gasteiger partial charge in [-0.05, 0) is 49.8 Å². The van der Waals surface area contributed by atoms with Crippen LogP contribution >= 0.6 is 0 Å². The third kappa shape index (κ3) is 6.16. The maximum absolute atomic E-state index is 12.4. The minimum absolute atomic E-state index is 0.0407. The van der Waals surface area contributed by atoms with Gasteiger partial charge in [0.2, 0.25) is 11.8 Å². The van der Waals surface area contributed by atoms with Gasteiger partial charge in [0.25, 0.3) is 0 Å². The van der Waals surface area contributed by atoms with Crippen LogP contribution in [0.5, 0.6) is 11.5 Å². The Balaban J connectivity index is 1.95. The van der Waals surface area contributed by atoms with Gasteiger partial charge in [0.15, 0.2) is 0 Å². The number of methoxy groups -OCH3 is 1. The summed E-state index contributed by atoms with van der Waals surface area (Å²) in [6, 6.07) is 14.6. The predicted octanol–water partition coefficient (Wildman–Crippen LogP) is 3.59. The van der Waals surface area contributed by atoms with E-state index in [0.717, 1.165) is 11.3 Å². The SMILES string of the molecule is CCOc1ccc(/C=C/C(=O)N(CC)CC(=O)Nc2ccccc2OC)cc1. The lowest BCUT2D eigenvalue weighted by molar-refractivity contribution is -0.130. The topological polar surface area (TPSA) is 67.9 Å². The fourth-order valence-electron chi connectivity index (χ4n) is 2.57. The van der Waals surface area contributed by atoms with Crippen molar-refractivity contribution in [1.29, 1.82) is 0 Å². The van der Waals surface area contributed by atoms with Gasteiger partial charge < -0.3 is 19.7 Å². The van der Waals surface area contributed by atoms with Gasteiger partial charge in [-0.25, -0.2) is 0 Å². The van der Waals surface area contributed by atoms with Gasteiger partial charge in [-0.3, -0.25) is 9.59 Å².